The summed E-state index contributed by atoms with van der Waals surface area (Å²) in [5.74, 6) is -0.145. The molecule has 1 amide bonds. The zero-order chi connectivity index (χ0) is 13.1. The molecule has 0 aliphatic heterocycles. The predicted molar refractivity (Wildman–Crippen MR) is 72.0 cm³/mol. The van der Waals surface area contributed by atoms with Crippen LogP contribution in [0.3, 0.4) is 0 Å². The van der Waals surface area contributed by atoms with E-state index in [1.807, 2.05) is 32.0 Å². The molecule has 2 rings (SSSR count). The SMILES string of the molecule is Cc1ccc(C)c(C(=O)Nc2ccccc2O)c1. The van der Waals surface area contributed by atoms with Crippen LogP contribution in [0.4, 0.5) is 5.69 Å². The molecule has 0 heterocycles. The maximum atomic E-state index is 12.1. The molecule has 0 bridgehead atoms. The lowest BCUT2D eigenvalue weighted by Gasteiger charge is -2.09. The highest BCUT2D eigenvalue weighted by Gasteiger charge is 2.11. The molecule has 0 atom stereocenters. The van der Waals surface area contributed by atoms with Gasteiger partial charge in [0, 0.05) is 5.56 Å². The Balaban J connectivity index is 2.28. The quantitative estimate of drug-likeness (QED) is 0.793. The molecular weight excluding hydrogens is 226 g/mol. The van der Waals surface area contributed by atoms with E-state index in [4.69, 9.17) is 0 Å². The molecule has 0 aliphatic rings. The van der Waals surface area contributed by atoms with E-state index >= 15 is 0 Å². The molecule has 0 aromatic heterocycles. The second-order valence-corrected chi connectivity index (χ2v) is 4.29. The Hall–Kier alpha value is -2.29. The number of benzene rings is 2. The standard InChI is InChI=1S/C15H15NO2/c1-10-7-8-11(2)12(9-10)15(18)16-13-5-3-4-6-14(13)17/h3-9,17H,1-2H3,(H,16,18). The summed E-state index contributed by atoms with van der Waals surface area (Å²) in [6, 6.07) is 12.4. The smallest absolute Gasteiger partial charge is 0.256 e. The second-order valence-electron chi connectivity index (χ2n) is 4.29. The fourth-order valence-electron chi connectivity index (χ4n) is 1.75. The summed E-state index contributed by atoms with van der Waals surface area (Å²) < 4.78 is 0. The third kappa shape index (κ3) is 2.51. The second kappa shape index (κ2) is 4.92. The number of rotatable bonds is 2. The van der Waals surface area contributed by atoms with Gasteiger partial charge in [0.15, 0.2) is 0 Å². The monoisotopic (exact) mass is 241 g/mol. The Morgan fingerprint density at radius 1 is 1.11 bits per heavy atom. The first-order valence-electron chi connectivity index (χ1n) is 5.74. The van der Waals surface area contributed by atoms with E-state index in [0.717, 1.165) is 11.1 Å². The van der Waals surface area contributed by atoms with Crippen LogP contribution in [0.25, 0.3) is 0 Å². The average Bonchev–Trinajstić information content (AvgIpc) is 2.35. The van der Waals surface area contributed by atoms with Crippen molar-refractivity contribution in [3.63, 3.8) is 0 Å². The third-order valence-corrected chi connectivity index (χ3v) is 2.79. The Morgan fingerprint density at radius 2 is 1.83 bits per heavy atom. The zero-order valence-electron chi connectivity index (χ0n) is 10.4. The van der Waals surface area contributed by atoms with Crippen molar-refractivity contribution in [2.24, 2.45) is 0 Å². The van der Waals surface area contributed by atoms with E-state index in [0.29, 0.717) is 11.3 Å². The van der Waals surface area contributed by atoms with Gasteiger partial charge in [0.05, 0.1) is 5.69 Å². The molecule has 2 N–H and O–H groups in total. The lowest BCUT2D eigenvalue weighted by Crippen LogP contribution is -2.13. The molecule has 0 saturated carbocycles. The number of carbonyl (C=O) groups is 1. The lowest BCUT2D eigenvalue weighted by atomic mass is 10.0. The highest BCUT2D eigenvalue weighted by atomic mass is 16.3. The summed E-state index contributed by atoms with van der Waals surface area (Å²) in [6.45, 7) is 3.83. The fraction of sp³-hybridized carbons (Fsp3) is 0.133. The van der Waals surface area contributed by atoms with Crippen molar-refractivity contribution in [3.05, 3.63) is 59.2 Å². The molecule has 92 valence electrons. The normalized spacial score (nSPS) is 10.1. The van der Waals surface area contributed by atoms with Crippen LogP contribution in [0, 0.1) is 13.8 Å². The number of phenolic OH excluding ortho intramolecular Hbond substituents is 1. The minimum atomic E-state index is -0.210. The zero-order valence-corrected chi connectivity index (χ0v) is 10.4. The number of para-hydroxylation sites is 2. The number of phenols is 1. The first-order chi connectivity index (χ1) is 8.58. The number of carbonyl (C=O) groups excluding carboxylic acids is 1. The number of hydrogen-bond donors (Lipinski definition) is 2. The Labute approximate surface area is 106 Å². The number of aromatic hydroxyl groups is 1. The molecule has 0 fully saturated rings. The van der Waals surface area contributed by atoms with Crippen molar-refractivity contribution in [1.82, 2.24) is 0 Å². The van der Waals surface area contributed by atoms with Crippen LogP contribution in [0.2, 0.25) is 0 Å². The summed E-state index contributed by atoms with van der Waals surface area (Å²) in [7, 11) is 0. The first-order valence-corrected chi connectivity index (χ1v) is 5.74. The maximum absolute atomic E-state index is 12.1. The highest BCUT2D eigenvalue weighted by Crippen LogP contribution is 2.22. The van der Waals surface area contributed by atoms with Gasteiger partial charge in [0.1, 0.15) is 5.75 Å². The van der Waals surface area contributed by atoms with Gasteiger partial charge in [-0.15, -0.1) is 0 Å². The summed E-state index contributed by atoms with van der Waals surface area (Å²) in [4.78, 5) is 12.1. The van der Waals surface area contributed by atoms with E-state index < -0.39 is 0 Å². The van der Waals surface area contributed by atoms with Gasteiger partial charge in [-0.25, -0.2) is 0 Å². The van der Waals surface area contributed by atoms with E-state index in [-0.39, 0.29) is 11.7 Å². The van der Waals surface area contributed by atoms with Crippen LogP contribution in [0.5, 0.6) is 5.75 Å². The molecule has 0 spiro atoms. The molecule has 0 aliphatic carbocycles. The third-order valence-electron chi connectivity index (χ3n) is 2.79. The van der Waals surface area contributed by atoms with Crippen molar-refractivity contribution in [3.8, 4) is 5.75 Å². The van der Waals surface area contributed by atoms with Crippen molar-refractivity contribution < 1.29 is 9.90 Å². The fourth-order valence-corrected chi connectivity index (χ4v) is 1.75. The van der Waals surface area contributed by atoms with Gasteiger partial charge in [-0.05, 0) is 37.6 Å². The minimum Gasteiger partial charge on any atom is -0.506 e. The molecule has 2 aromatic carbocycles. The average molecular weight is 241 g/mol. The molecular formula is C15H15NO2. The minimum absolute atomic E-state index is 0.0659. The van der Waals surface area contributed by atoms with Gasteiger partial charge in [-0.3, -0.25) is 4.79 Å². The van der Waals surface area contributed by atoms with Gasteiger partial charge in [0.25, 0.3) is 5.91 Å². The van der Waals surface area contributed by atoms with E-state index in [9.17, 15) is 9.90 Å². The van der Waals surface area contributed by atoms with Gasteiger partial charge < -0.3 is 10.4 Å². The number of nitrogens with one attached hydrogen (secondary N) is 1. The molecule has 2 aromatic rings. The van der Waals surface area contributed by atoms with Crippen LogP contribution in [0.1, 0.15) is 21.5 Å². The van der Waals surface area contributed by atoms with Crippen LogP contribution in [-0.2, 0) is 0 Å². The summed E-state index contributed by atoms with van der Waals surface area (Å²) in [5, 5.41) is 12.3. The Morgan fingerprint density at radius 3 is 2.56 bits per heavy atom. The number of anilines is 1. The van der Waals surface area contributed by atoms with Gasteiger partial charge in [-0.1, -0.05) is 29.8 Å². The molecule has 18 heavy (non-hydrogen) atoms. The summed E-state index contributed by atoms with van der Waals surface area (Å²) in [6.07, 6.45) is 0. The summed E-state index contributed by atoms with van der Waals surface area (Å²) >= 11 is 0. The molecule has 3 nitrogen and oxygen atoms in total. The Kier molecular flexibility index (Phi) is 3.33. The van der Waals surface area contributed by atoms with Crippen LogP contribution in [-0.4, -0.2) is 11.0 Å². The number of hydrogen-bond acceptors (Lipinski definition) is 2. The molecule has 0 saturated heterocycles. The van der Waals surface area contributed by atoms with Gasteiger partial charge in [0.2, 0.25) is 0 Å². The predicted octanol–water partition coefficient (Wildman–Crippen LogP) is 3.26. The van der Waals surface area contributed by atoms with Gasteiger partial charge >= 0.3 is 0 Å². The first kappa shape index (κ1) is 12.2. The molecule has 0 unspecified atom stereocenters. The van der Waals surface area contributed by atoms with Crippen LogP contribution < -0.4 is 5.32 Å². The molecule has 0 radical (unpaired) electrons. The van der Waals surface area contributed by atoms with Crippen molar-refractivity contribution in [1.29, 1.82) is 0 Å². The highest BCUT2D eigenvalue weighted by molar-refractivity contribution is 6.06. The van der Waals surface area contributed by atoms with Crippen molar-refractivity contribution in [2.75, 3.05) is 5.32 Å². The largest absolute Gasteiger partial charge is 0.506 e. The van der Waals surface area contributed by atoms with Crippen molar-refractivity contribution in [2.45, 2.75) is 13.8 Å². The van der Waals surface area contributed by atoms with Gasteiger partial charge in [-0.2, -0.15) is 0 Å². The topological polar surface area (TPSA) is 49.3 Å². The Bertz CT molecular complexity index is 591. The van der Waals surface area contributed by atoms with E-state index in [1.165, 1.54) is 0 Å². The van der Waals surface area contributed by atoms with E-state index in [1.54, 1.807) is 24.3 Å². The van der Waals surface area contributed by atoms with Crippen LogP contribution >= 0.6 is 0 Å². The molecule has 3 heteroatoms. The number of aryl methyl sites for hydroxylation is 2. The number of amides is 1. The van der Waals surface area contributed by atoms with E-state index in [2.05, 4.69) is 5.32 Å². The lowest BCUT2D eigenvalue weighted by molar-refractivity contribution is 0.102. The summed E-state index contributed by atoms with van der Waals surface area (Å²) in [5.41, 5.74) is 2.98. The van der Waals surface area contributed by atoms with Crippen LogP contribution in [0.15, 0.2) is 42.5 Å². The van der Waals surface area contributed by atoms with Crippen molar-refractivity contribution >= 4 is 11.6 Å². The maximum Gasteiger partial charge on any atom is 0.256 e.